The van der Waals surface area contributed by atoms with Gasteiger partial charge in [0.05, 0.1) is 0 Å². The Morgan fingerprint density at radius 2 is 1.85 bits per heavy atom. The molecule has 26 heavy (non-hydrogen) atoms. The van der Waals surface area contributed by atoms with Crippen molar-refractivity contribution in [2.45, 2.75) is 26.3 Å². The Kier molecular flexibility index (Phi) is 6.28. The molecular formula is C20H28N4O2. The number of rotatable bonds is 7. The number of hydrogen-bond donors (Lipinski definition) is 0. The van der Waals surface area contributed by atoms with Crippen molar-refractivity contribution >= 4 is 5.91 Å². The summed E-state index contributed by atoms with van der Waals surface area (Å²) in [7, 11) is 0. The van der Waals surface area contributed by atoms with Gasteiger partial charge >= 0.3 is 0 Å². The average Bonchev–Trinajstić information content (AvgIpc) is 3.15. The maximum absolute atomic E-state index is 12.3. The van der Waals surface area contributed by atoms with Crippen LogP contribution >= 0.6 is 0 Å². The second-order valence-corrected chi connectivity index (χ2v) is 6.96. The Hall–Kier alpha value is -2.34. The third-order valence-corrected chi connectivity index (χ3v) is 4.75. The lowest BCUT2D eigenvalue weighted by Crippen LogP contribution is -2.50. The zero-order valence-corrected chi connectivity index (χ0v) is 15.7. The van der Waals surface area contributed by atoms with E-state index in [9.17, 15) is 4.79 Å². The standard InChI is InChI=1S/C20H28N4O2/c1-17(2)20-21-8-9-24(20)15-12-22-10-13-23(14-11-22)19(25)16-26-18-6-4-3-5-7-18/h3-9,17H,10-16H2,1-2H3. The molecule has 1 fully saturated rings. The predicted molar refractivity (Wildman–Crippen MR) is 101 cm³/mol. The van der Waals surface area contributed by atoms with Crippen LogP contribution in [0, 0.1) is 0 Å². The van der Waals surface area contributed by atoms with Gasteiger partial charge in [0, 0.05) is 57.6 Å². The summed E-state index contributed by atoms with van der Waals surface area (Å²) in [5, 5.41) is 0. The van der Waals surface area contributed by atoms with E-state index in [-0.39, 0.29) is 12.5 Å². The molecule has 0 radical (unpaired) electrons. The molecule has 0 unspecified atom stereocenters. The van der Waals surface area contributed by atoms with E-state index in [0.29, 0.717) is 5.92 Å². The molecule has 0 atom stereocenters. The second-order valence-electron chi connectivity index (χ2n) is 6.96. The number of hydrogen-bond acceptors (Lipinski definition) is 4. The molecule has 1 amide bonds. The third kappa shape index (κ3) is 4.85. The molecule has 1 saturated heterocycles. The molecule has 1 aromatic heterocycles. The minimum Gasteiger partial charge on any atom is -0.484 e. The van der Waals surface area contributed by atoms with E-state index in [2.05, 4.69) is 34.5 Å². The second kappa shape index (κ2) is 8.85. The van der Waals surface area contributed by atoms with Crippen LogP contribution in [0.4, 0.5) is 0 Å². The molecule has 0 aliphatic carbocycles. The fourth-order valence-corrected chi connectivity index (χ4v) is 3.23. The quantitative estimate of drug-likeness (QED) is 0.763. The van der Waals surface area contributed by atoms with Crippen LogP contribution in [0.25, 0.3) is 0 Å². The lowest BCUT2D eigenvalue weighted by molar-refractivity contribution is -0.135. The minimum absolute atomic E-state index is 0.0604. The molecule has 1 aliphatic rings. The van der Waals surface area contributed by atoms with Crippen molar-refractivity contribution in [3.8, 4) is 5.75 Å². The highest BCUT2D eigenvalue weighted by atomic mass is 16.5. The summed E-state index contributed by atoms with van der Waals surface area (Å²) >= 11 is 0. The molecular weight excluding hydrogens is 328 g/mol. The van der Waals surface area contributed by atoms with E-state index in [1.165, 1.54) is 0 Å². The zero-order valence-electron chi connectivity index (χ0n) is 15.7. The van der Waals surface area contributed by atoms with E-state index in [0.717, 1.165) is 50.8 Å². The topological polar surface area (TPSA) is 50.6 Å². The summed E-state index contributed by atoms with van der Waals surface area (Å²) in [6.07, 6.45) is 3.93. The number of benzene rings is 1. The molecule has 6 nitrogen and oxygen atoms in total. The molecule has 140 valence electrons. The Morgan fingerprint density at radius 1 is 1.12 bits per heavy atom. The van der Waals surface area contributed by atoms with Gasteiger partial charge in [0.15, 0.2) is 6.61 Å². The van der Waals surface area contributed by atoms with Crippen LogP contribution in [0.3, 0.4) is 0 Å². The monoisotopic (exact) mass is 356 g/mol. The number of ether oxygens (including phenoxy) is 1. The molecule has 1 aromatic carbocycles. The van der Waals surface area contributed by atoms with Gasteiger partial charge in [-0.05, 0) is 12.1 Å². The van der Waals surface area contributed by atoms with Crippen LogP contribution in [-0.2, 0) is 11.3 Å². The van der Waals surface area contributed by atoms with Crippen LogP contribution in [0.15, 0.2) is 42.7 Å². The maximum atomic E-state index is 12.3. The summed E-state index contributed by atoms with van der Waals surface area (Å²) in [5.74, 6) is 2.37. The van der Waals surface area contributed by atoms with Gasteiger partial charge < -0.3 is 14.2 Å². The van der Waals surface area contributed by atoms with Gasteiger partial charge in [-0.15, -0.1) is 0 Å². The van der Waals surface area contributed by atoms with E-state index in [1.54, 1.807) is 0 Å². The highest BCUT2D eigenvalue weighted by Crippen LogP contribution is 2.12. The van der Waals surface area contributed by atoms with E-state index >= 15 is 0 Å². The molecule has 0 bridgehead atoms. The number of carbonyl (C=O) groups excluding carboxylic acids is 1. The molecule has 2 heterocycles. The predicted octanol–water partition coefficient (Wildman–Crippen LogP) is 2.23. The number of nitrogens with zero attached hydrogens (tertiary/aromatic N) is 4. The Balaban J connectivity index is 1.39. The van der Waals surface area contributed by atoms with Crippen molar-refractivity contribution in [3.05, 3.63) is 48.5 Å². The smallest absolute Gasteiger partial charge is 0.260 e. The van der Waals surface area contributed by atoms with Gasteiger partial charge in [-0.3, -0.25) is 9.69 Å². The van der Waals surface area contributed by atoms with Crippen LogP contribution < -0.4 is 4.74 Å². The van der Waals surface area contributed by atoms with Crippen LogP contribution in [0.1, 0.15) is 25.6 Å². The highest BCUT2D eigenvalue weighted by molar-refractivity contribution is 5.77. The molecule has 2 aromatic rings. The lowest BCUT2D eigenvalue weighted by Gasteiger charge is -2.34. The number of imidazole rings is 1. The van der Waals surface area contributed by atoms with E-state index in [4.69, 9.17) is 4.74 Å². The summed E-state index contributed by atoms with van der Waals surface area (Å²) < 4.78 is 7.80. The SMILES string of the molecule is CC(C)c1nccn1CCN1CCN(C(=O)COc2ccccc2)CC1. The molecule has 0 N–H and O–H groups in total. The van der Waals surface area contributed by atoms with Crippen LogP contribution in [0.2, 0.25) is 0 Å². The summed E-state index contributed by atoms with van der Waals surface area (Å²) in [6.45, 7) is 9.71. The van der Waals surface area contributed by atoms with Crippen molar-refractivity contribution in [1.29, 1.82) is 0 Å². The normalized spacial score (nSPS) is 15.4. The van der Waals surface area contributed by atoms with Crippen molar-refractivity contribution in [2.24, 2.45) is 0 Å². The van der Waals surface area contributed by atoms with Gasteiger partial charge in [0.2, 0.25) is 0 Å². The molecule has 0 saturated carbocycles. The number of para-hydroxylation sites is 1. The first kappa shape index (κ1) is 18.5. The van der Waals surface area contributed by atoms with Crippen LogP contribution in [-0.4, -0.2) is 64.6 Å². The van der Waals surface area contributed by atoms with Crippen molar-refractivity contribution in [3.63, 3.8) is 0 Å². The first-order chi connectivity index (χ1) is 12.6. The van der Waals surface area contributed by atoms with E-state index in [1.807, 2.05) is 41.4 Å². The largest absolute Gasteiger partial charge is 0.484 e. The van der Waals surface area contributed by atoms with Gasteiger partial charge in [-0.1, -0.05) is 32.0 Å². The first-order valence-corrected chi connectivity index (χ1v) is 9.32. The number of carbonyl (C=O) groups is 1. The fraction of sp³-hybridized carbons (Fsp3) is 0.500. The fourth-order valence-electron chi connectivity index (χ4n) is 3.23. The number of piperazine rings is 1. The maximum Gasteiger partial charge on any atom is 0.260 e. The van der Waals surface area contributed by atoms with Gasteiger partial charge in [-0.25, -0.2) is 4.98 Å². The number of amides is 1. The van der Waals surface area contributed by atoms with Gasteiger partial charge in [-0.2, -0.15) is 0 Å². The zero-order chi connectivity index (χ0) is 18.4. The number of aromatic nitrogens is 2. The Bertz CT molecular complexity index is 691. The van der Waals surface area contributed by atoms with E-state index < -0.39 is 0 Å². The van der Waals surface area contributed by atoms with Crippen LogP contribution in [0.5, 0.6) is 5.75 Å². The molecule has 3 rings (SSSR count). The summed E-state index contributed by atoms with van der Waals surface area (Å²) in [4.78, 5) is 21.1. The van der Waals surface area contributed by atoms with Crippen molar-refractivity contribution in [1.82, 2.24) is 19.4 Å². The average molecular weight is 356 g/mol. The van der Waals surface area contributed by atoms with Crippen molar-refractivity contribution < 1.29 is 9.53 Å². The Labute approximate surface area is 155 Å². The summed E-state index contributed by atoms with van der Waals surface area (Å²) in [5.41, 5.74) is 0. The molecule has 0 spiro atoms. The van der Waals surface area contributed by atoms with Gasteiger partial charge in [0.25, 0.3) is 5.91 Å². The highest BCUT2D eigenvalue weighted by Gasteiger charge is 2.21. The lowest BCUT2D eigenvalue weighted by atomic mass is 10.2. The third-order valence-electron chi connectivity index (χ3n) is 4.75. The van der Waals surface area contributed by atoms with Gasteiger partial charge in [0.1, 0.15) is 11.6 Å². The molecule has 1 aliphatic heterocycles. The molecule has 6 heteroatoms. The van der Waals surface area contributed by atoms with Crippen molar-refractivity contribution in [2.75, 3.05) is 39.3 Å². The summed E-state index contributed by atoms with van der Waals surface area (Å²) in [6, 6.07) is 9.48. The minimum atomic E-state index is 0.0604. The Morgan fingerprint density at radius 3 is 2.54 bits per heavy atom. The first-order valence-electron chi connectivity index (χ1n) is 9.32.